The minimum absolute atomic E-state index is 0. The molecule has 25 aromatic rings. The number of nitrogens with zero attached hydrogens (tertiary/aromatic N) is 6. The molecule has 8 aromatic heterocycles. The predicted molar refractivity (Wildman–Crippen MR) is 505 cm³/mol. The number of fused-ring (bicyclic) bond motifs is 28. The van der Waals surface area contributed by atoms with Gasteiger partial charge in [0.1, 0.15) is 0 Å². The molecule has 25 rings (SSSR count). The van der Waals surface area contributed by atoms with Gasteiger partial charge in [0.2, 0.25) is 0 Å². The third-order valence-electron chi connectivity index (χ3n) is 23.1. The number of hydrogen-bond donors (Lipinski definition) is 2. The molecule has 0 atom stereocenters. The van der Waals surface area contributed by atoms with Crippen molar-refractivity contribution < 1.29 is 0 Å². The van der Waals surface area contributed by atoms with E-state index in [1.165, 1.54) is 167 Å². The molecule has 0 aliphatic rings. The van der Waals surface area contributed by atoms with Gasteiger partial charge in [0.05, 0.1) is 77.2 Å². The van der Waals surface area contributed by atoms with Gasteiger partial charge < -0.3 is 37.4 Å². The second kappa shape index (κ2) is 27.6. The molecule has 0 bridgehead atoms. The van der Waals surface area contributed by atoms with Crippen LogP contribution >= 0.6 is 54.5 Å². The van der Waals surface area contributed by atoms with Gasteiger partial charge >= 0.3 is 0 Å². The Hall–Kier alpha value is -13.1. The lowest BCUT2D eigenvalue weighted by Gasteiger charge is -2.14. The lowest BCUT2D eigenvalue weighted by molar-refractivity contribution is 1.13. The van der Waals surface area contributed by atoms with Crippen LogP contribution in [0.4, 0.5) is 0 Å². The highest BCUT2D eigenvalue weighted by Crippen LogP contribution is 2.48. The molecular weight excluding hydrogens is 1650 g/mol. The Bertz CT molecular complexity index is 7780. The Morgan fingerprint density at radius 2 is 0.470 bits per heavy atom. The summed E-state index contributed by atoms with van der Waals surface area (Å²) in [6.07, 6.45) is 0. The molecule has 0 saturated heterocycles. The molecule has 8 heterocycles. The fourth-order valence-electron chi connectivity index (χ4n) is 18.6. The fraction of sp³-hybridized carbons (Fsp3) is 0.00971. The van der Waals surface area contributed by atoms with Crippen LogP contribution in [0, 0.1) is 3.57 Å². The number of para-hydroxylation sites is 10. The molecule has 0 aliphatic carbocycles. The number of aromatic amines is 2. The number of rotatable bonds is 6. The predicted octanol–water partition coefficient (Wildman–Crippen LogP) is 29.3. The van der Waals surface area contributed by atoms with Crippen LogP contribution in [0.15, 0.2) is 379 Å². The second-order valence-corrected chi connectivity index (χ2v) is 32.3. The number of hydrogen-bond acceptors (Lipinski definition) is 0. The van der Waals surface area contributed by atoms with Gasteiger partial charge in [-0.3, -0.25) is 0 Å². The van der Waals surface area contributed by atoms with Gasteiger partial charge in [-0.1, -0.05) is 264 Å². The maximum Gasteiger partial charge on any atom is 0.0641 e. The van der Waals surface area contributed by atoms with Gasteiger partial charge in [0, 0.05) is 152 Å². The zero-order valence-electron chi connectivity index (χ0n) is 61.1. The van der Waals surface area contributed by atoms with Crippen molar-refractivity contribution in [3.63, 3.8) is 0 Å². The Morgan fingerprint density at radius 1 is 0.209 bits per heavy atom. The molecular formula is C103H67BBr2IN8. The quantitative estimate of drug-likeness (QED) is 0.123. The molecule has 17 aromatic carbocycles. The van der Waals surface area contributed by atoms with E-state index in [1.54, 1.807) is 0 Å². The van der Waals surface area contributed by atoms with E-state index in [0.29, 0.717) is 0 Å². The van der Waals surface area contributed by atoms with Crippen molar-refractivity contribution in [2.45, 2.75) is 7.43 Å². The number of aromatic nitrogens is 8. The average Bonchev–Trinajstić information content (AvgIpc) is 1.56. The molecule has 12 heteroatoms. The topological polar surface area (TPSA) is 61.2 Å². The summed E-state index contributed by atoms with van der Waals surface area (Å²) in [5, 5.41) is 19.9. The summed E-state index contributed by atoms with van der Waals surface area (Å²) in [5.74, 6) is 0. The van der Waals surface area contributed by atoms with Crippen molar-refractivity contribution in [3.8, 4) is 34.1 Å². The first kappa shape index (κ1) is 69.8. The lowest BCUT2D eigenvalue weighted by Crippen LogP contribution is -1.99. The first-order chi connectivity index (χ1) is 55.8. The summed E-state index contributed by atoms with van der Waals surface area (Å²) in [6, 6.07) is 134. The van der Waals surface area contributed by atoms with E-state index < -0.39 is 0 Å². The van der Waals surface area contributed by atoms with Crippen LogP contribution in [0.5, 0.6) is 0 Å². The Balaban J connectivity index is 0.000000133. The van der Waals surface area contributed by atoms with Crippen LogP contribution in [-0.2, 0) is 0 Å². The smallest absolute Gasteiger partial charge is 0.0641 e. The minimum Gasteiger partial charge on any atom is -0.354 e. The lowest BCUT2D eigenvalue weighted by atomic mass is 10.1. The van der Waals surface area contributed by atoms with Crippen molar-refractivity contribution in [1.82, 2.24) is 37.4 Å². The molecule has 0 fully saturated rings. The standard InChI is InChI=1S/C54H33BrN4.C42H25BrN4.C6H5I.CH4.B/c55-34-31-37(56-47-25-13-9-21-43(47)51-49(56)29-27-41-39-19-7-11-23-45(39)58(53(41)51)35-15-3-1-4-16-35)33-38(32-34)57-48-26-14-10-22-44(48)52-50(57)30-28-42-40-20-8-12-24-46(40)59(54(42)52)36-17-5-2-6-18-36;43-24-21-25(46-35-15-7-3-11-31(35)39-37(46)19-17-29-27-9-1-5-13-33(27)44-41(29)39)23-26(22-24)47-36-16-8-4-12-32(36)40-38(47)20-18-30-28-10-2-6-14-34(28)45-42(30)40;7-6-4-2-1-3-5-6;;/h1-33H;1-23,44-45H;1-5H;1H4;. The van der Waals surface area contributed by atoms with Crippen LogP contribution in [0.25, 0.3) is 209 Å². The van der Waals surface area contributed by atoms with Gasteiger partial charge in [0.25, 0.3) is 0 Å². The van der Waals surface area contributed by atoms with Gasteiger partial charge in [-0.25, -0.2) is 0 Å². The first-order valence-electron chi connectivity index (χ1n) is 38.0. The van der Waals surface area contributed by atoms with E-state index in [9.17, 15) is 0 Å². The highest BCUT2D eigenvalue weighted by atomic mass is 127. The number of halogens is 3. The highest BCUT2D eigenvalue weighted by Gasteiger charge is 2.26. The summed E-state index contributed by atoms with van der Waals surface area (Å²) in [6.45, 7) is 0. The van der Waals surface area contributed by atoms with Gasteiger partial charge in [-0.15, -0.1) is 0 Å². The molecule has 0 aliphatic heterocycles. The van der Waals surface area contributed by atoms with E-state index >= 15 is 0 Å². The summed E-state index contributed by atoms with van der Waals surface area (Å²) >= 11 is 10.2. The van der Waals surface area contributed by atoms with Crippen molar-refractivity contribution in [1.29, 1.82) is 0 Å². The number of nitrogens with one attached hydrogen (secondary N) is 2. The second-order valence-electron chi connectivity index (χ2n) is 29.2. The minimum atomic E-state index is 0. The summed E-state index contributed by atoms with van der Waals surface area (Å²) in [5.41, 5.74) is 25.6. The maximum absolute atomic E-state index is 4.02. The zero-order chi connectivity index (χ0) is 74.7. The van der Waals surface area contributed by atoms with Crippen LogP contribution in [-0.4, -0.2) is 45.8 Å². The summed E-state index contributed by atoms with van der Waals surface area (Å²) in [4.78, 5) is 7.52. The van der Waals surface area contributed by atoms with E-state index in [0.717, 1.165) is 54.1 Å². The Kier molecular flexibility index (Phi) is 16.8. The molecule has 0 saturated carbocycles. The molecule has 0 amide bonds. The largest absolute Gasteiger partial charge is 0.354 e. The summed E-state index contributed by atoms with van der Waals surface area (Å²) < 4.78 is 17.9. The van der Waals surface area contributed by atoms with Crippen LogP contribution < -0.4 is 0 Å². The summed E-state index contributed by atoms with van der Waals surface area (Å²) in [7, 11) is 0. The maximum atomic E-state index is 4.02. The number of H-pyrrole nitrogens is 2. The Labute approximate surface area is 692 Å². The van der Waals surface area contributed by atoms with Crippen molar-refractivity contribution in [3.05, 3.63) is 383 Å². The average molecular weight is 1710 g/mol. The van der Waals surface area contributed by atoms with Crippen molar-refractivity contribution in [2.24, 2.45) is 0 Å². The third-order valence-corrected chi connectivity index (χ3v) is 24.7. The van der Waals surface area contributed by atoms with E-state index in [1.807, 2.05) is 18.2 Å². The SMILES string of the molecule is Brc1cc(-n2c3ccccc3c3c2ccc2c4ccccc4n(-c4ccccc4)c23)cc(-n2c3ccccc3c3c2ccc2c4ccccc4n(-c4ccccc4)c23)c1.Brc1cc(-n2c3ccccc3c3c4[nH]c5ccccc5c4ccc32)cc(-n2c3ccccc3c3c4[nH]c5ccccc5c4ccc32)c1.C.Ic1ccccc1.[B]. The van der Waals surface area contributed by atoms with Gasteiger partial charge in [0.15, 0.2) is 0 Å². The van der Waals surface area contributed by atoms with Crippen LogP contribution in [0.2, 0.25) is 0 Å². The highest BCUT2D eigenvalue weighted by molar-refractivity contribution is 14.1. The van der Waals surface area contributed by atoms with E-state index in [-0.39, 0.29) is 15.8 Å². The first-order valence-corrected chi connectivity index (χ1v) is 40.7. The normalized spacial score (nSPS) is 11.8. The third kappa shape index (κ3) is 10.8. The fourth-order valence-corrected chi connectivity index (χ4v) is 20.0. The van der Waals surface area contributed by atoms with Gasteiger partial charge in [-0.05, 0) is 168 Å². The van der Waals surface area contributed by atoms with Crippen LogP contribution in [0.3, 0.4) is 0 Å². The van der Waals surface area contributed by atoms with Crippen molar-refractivity contribution >= 4 is 237 Å². The van der Waals surface area contributed by atoms with Crippen molar-refractivity contribution in [2.75, 3.05) is 0 Å². The number of benzene rings is 17. The molecule has 2 N–H and O–H groups in total. The molecule has 543 valence electrons. The van der Waals surface area contributed by atoms with E-state index in [4.69, 9.17) is 0 Å². The monoisotopic (exact) mass is 1710 g/mol. The molecule has 0 spiro atoms. The van der Waals surface area contributed by atoms with E-state index in [2.05, 4.69) is 444 Å². The molecule has 0 unspecified atom stereocenters. The molecule has 115 heavy (non-hydrogen) atoms. The zero-order valence-corrected chi connectivity index (χ0v) is 66.4. The van der Waals surface area contributed by atoms with Crippen LogP contribution in [0.1, 0.15) is 7.43 Å². The van der Waals surface area contributed by atoms with Gasteiger partial charge in [-0.2, -0.15) is 0 Å². The Morgan fingerprint density at radius 3 is 0.800 bits per heavy atom. The molecule has 3 radical (unpaired) electrons. The molecule has 8 nitrogen and oxygen atoms in total.